The quantitative estimate of drug-likeness (QED) is 0.591. The molecule has 0 aliphatic carbocycles. The summed E-state index contributed by atoms with van der Waals surface area (Å²) >= 11 is 6.26. The van der Waals surface area contributed by atoms with Crippen LogP contribution in [0, 0.1) is 0 Å². The van der Waals surface area contributed by atoms with Gasteiger partial charge in [-0.15, -0.1) is 0 Å². The molecule has 1 amide bonds. The Morgan fingerprint density at radius 3 is 2.09 bits per heavy atom. The number of halogens is 1. The molecule has 1 aliphatic rings. The van der Waals surface area contributed by atoms with Crippen molar-refractivity contribution >= 4 is 28.9 Å². The lowest BCUT2D eigenvalue weighted by Crippen LogP contribution is -2.44. The molecule has 2 aromatic rings. The lowest BCUT2D eigenvalue weighted by molar-refractivity contribution is 0.102. The highest BCUT2D eigenvalue weighted by molar-refractivity contribution is 6.31. The van der Waals surface area contributed by atoms with Crippen molar-refractivity contribution in [2.24, 2.45) is 0 Å². The van der Waals surface area contributed by atoms with Crippen LogP contribution < -0.4 is 24.4 Å². The molecule has 3 rings (SSSR count). The normalized spacial score (nSPS) is 14.2. The van der Waals surface area contributed by atoms with Crippen LogP contribution in [0.15, 0.2) is 30.3 Å². The van der Waals surface area contributed by atoms with E-state index < -0.39 is 0 Å². The summed E-state index contributed by atoms with van der Waals surface area (Å²) in [5.74, 6) is 1.20. The first-order chi connectivity index (χ1) is 15.5. The molecule has 1 N–H and O–H groups in total. The van der Waals surface area contributed by atoms with E-state index in [0.29, 0.717) is 53.3 Å². The molecule has 2 aromatic carbocycles. The lowest BCUT2D eigenvalue weighted by Gasteiger charge is -2.35. The molecule has 0 spiro atoms. The van der Waals surface area contributed by atoms with E-state index in [1.807, 2.05) is 32.9 Å². The number of piperazine rings is 1. The number of hydrogen-bond donors (Lipinski definition) is 1. The van der Waals surface area contributed by atoms with Gasteiger partial charge in [0.2, 0.25) is 5.75 Å². The molecule has 0 atom stereocenters. The van der Waals surface area contributed by atoms with Gasteiger partial charge >= 0.3 is 0 Å². The molecule has 0 aromatic heterocycles. The summed E-state index contributed by atoms with van der Waals surface area (Å²) in [5.41, 5.74) is 2.05. The van der Waals surface area contributed by atoms with Crippen LogP contribution in [0.4, 0.5) is 11.4 Å². The number of carbonyl (C=O) groups is 1. The van der Waals surface area contributed by atoms with E-state index in [-0.39, 0.29) is 5.91 Å². The zero-order valence-corrected chi connectivity index (χ0v) is 20.0. The van der Waals surface area contributed by atoms with Crippen LogP contribution in [-0.2, 0) is 0 Å². The van der Waals surface area contributed by atoms with Gasteiger partial charge in [-0.25, -0.2) is 0 Å². The van der Waals surface area contributed by atoms with Crippen molar-refractivity contribution in [2.45, 2.75) is 20.8 Å². The van der Waals surface area contributed by atoms with E-state index in [9.17, 15) is 4.79 Å². The summed E-state index contributed by atoms with van der Waals surface area (Å²) in [4.78, 5) is 17.8. The summed E-state index contributed by atoms with van der Waals surface area (Å²) < 4.78 is 17.2. The predicted molar refractivity (Wildman–Crippen MR) is 129 cm³/mol. The molecule has 1 heterocycles. The zero-order chi connectivity index (χ0) is 23.1. The van der Waals surface area contributed by atoms with Gasteiger partial charge in [0.1, 0.15) is 0 Å². The number of rotatable bonds is 9. The molecule has 1 saturated heterocycles. The van der Waals surface area contributed by atoms with Crippen LogP contribution in [0.25, 0.3) is 0 Å². The maximum Gasteiger partial charge on any atom is 0.255 e. The zero-order valence-electron chi connectivity index (χ0n) is 19.2. The molecule has 0 bridgehead atoms. The first kappa shape index (κ1) is 24.0. The lowest BCUT2D eigenvalue weighted by atomic mass is 10.1. The van der Waals surface area contributed by atoms with Gasteiger partial charge in [-0.05, 0) is 58.2 Å². The fourth-order valence-corrected chi connectivity index (χ4v) is 3.82. The Bertz CT molecular complexity index is 902. The third-order valence-corrected chi connectivity index (χ3v) is 5.46. The molecule has 0 radical (unpaired) electrons. The average molecular weight is 462 g/mol. The number of nitrogens with one attached hydrogen (secondary N) is 1. The van der Waals surface area contributed by atoms with Gasteiger partial charge in [-0.1, -0.05) is 11.6 Å². The number of amides is 1. The predicted octanol–water partition coefficient (Wildman–Crippen LogP) is 4.54. The van der Waals surface area contributed by atoms with E-state index in [4.69, 9.17) is 25.8 Å². The topological polar surface area (TPSA) is 63.3 Å². The summed E-state index contributed by atoms with van der Waals surface area (Å²) in [7, 11) is 2.11. The summed E-state index contributed by atoms with van der Waals surface area (Å²) in [6.45, 7) is 10.7. The average Bonchev–Trinajstić information content (AvgIpc) is 2.77. The van der Waals surface area contributed by atoms with E-state index in [0.717, 1.165) is 31.9 Å². The number of nitrogens with zero attached hydrogens (tertiary/aromatic N) is 2. The number of anilines is 2. The second-order valence-corrected chi connectivity index (χ2v) is 7.94. The SMILES string of the molecule is CCOc1cc(C(=O)Nc2cc(Cl)ccc2N2CCN(C)CC2)cc(OCC)c1OCC. The number of carbonyl (C=O) groups excluding carboxylic acids is 1. The van der Waals surface area contributed by atoms with Gasteiger partial charge < -0.3 is 29.3 Å². The minimum absolute atomic E-state index is 0.271. The summed E-state index contributed by atoms with van der Waals surface area (Å²) in [6, 6.07) is 8.97. The molecule has 1 aliphatic heterocycles. The van der Waals surface area contributed by atoms with Crippen molar-refractivity contribution in [3.05, 3.63) is 40.9 Å². The minimum atomic E-state index is -0.271. The van der Waals surface area contributed by atoms with Crippen molar-refractivity contribution in [3.8, 4) is 17.2 Å². The number of benzene rings is 2. The Hall–Kier alpha value is -2.64. The first-order valence-corrected chi connectivity index (χ1v) is 11.4. The fourth-order valence-electron chi connectivity index (χ4n) is 3.65. The van der Waals surface area contributed by atoms with Crippen molar-refractivity contribution in [1.82, 2.24) is 4.90 Å². The third kappa shape index (κ3) is 5.78. The standard InChI is InChI=1S/C24H32ClN3O4/c1-5-30-21-14-17(15-22(31-6-2)23(21)32-7-3)24(29)26-19-16-18(25)8-9-20(19)28-12-10-27(4)11-13-28/h8-9,14-16H,5-7,10-13H2,1-4H3,(H,26,29). The Morgan fingerprint density at radius 1 is 0.938 bits per heavy atom. The van der Waals surface area contributed by atoms with Gasteiger partial charge in [0.05, 0.1) is 31.2 Å². The first-order valence-electron chi connectivity index (χ1n) is 11.1. The molecule has 1 fully saturated rings. The summed E-state index contributed by atoms with van der Waals surface area (Å²) in [5, 5.41) is 3.60. The maximum atomic E-state index is 13.3. The largest absolute Gasteiger partial charge is 0.490 e. The second kappa shape index (κ2) is 11.3. The Balaban J connectivity index is 1.92. The highest BCUT2D eigenvalue weighted by Crippen LogP contribution is 2.39. The number of ether oxygens (including phenoxy) is 3. The molecule has 8 heteroatoms. The Kier molecular flexibility index (Phi) is 8.47. The van der Waals surface area contributed by atoms with Gasteiger partial charge in [-0.3, -0.25) is 4.79 Å². The fraction of sp³-hybridized carbons (Fsp3) is 0.458. The van der Waals surface area contributed by atoms with Crippen LogP contribution in [-0.4, -0.2) is 63.9 Å². The van der Waals surface area contributed by atoms with Crippen molar-refractivity contribution in [2.75, 3.05) is 63.3 Å². The Labute approximate surface area is 195 Å². The molecule has 32 heavy (non-hydrogen) atoms. The molecule has 174 valence electrons. The van der Waals surface area contributed by atoms with Crippen molar-refractivity contribution < 1.29 is 19.0 Å². The van der Waals surface area contributed by atoms with E-state index in [1.54, 1.807) is 18.2 Å². The van der Waals surface area contributed by atoms with E-state index >= 15 is 0 Å². The van der Waals surface area contributed by atoms with Crippen LogP contribution in [0.3, 0.4) is 0 Å². The highest BCUT2D eigenvalue weighted by Gasteiger charge is 2.21. The van der Waals surface area contributed by atoms with Crippen LogP contribution in [0.5, 0.6) is 17.2 Å². The maximum absolute atomic E-state index is 13.3. The highest BCUT2D eigenvalue weighted by atomic mass is 35.5. The van der Waals surface area contributed by atoms with Crippen molar-refractivity contribution in [1.29, 1.82) is 0 Å². The second-order valence-electron chi connectivity index (χ2n) is 7.51. The minimum Gasteiger partial charge on any atom is -0.490 e. The van der Waals surface area contributed by atoms with Crippen molar-refractivity contribution in [3.63, 3.8) is 0 Å². The number of likely N-dealkylation sites (N-methyl/N-ethyl adjacent to an activating group) is 1. The Morgan fingerprint density at radius 2 is 1.53 bits per heavy atom. The molecular formula is C24H32ClN3O4. The van der Waals surface area contributed by atoms with Gasteiger partial charge in [0.25, 0.3) is 5.91 Å². The molecule has 0 saturated carbocycles. The summed E-state index contributed by atoms with van der Waals surface area (Å²) in [6.07, 6.45) is 0. The third-order valence-electron chi connectivity index (χ3n) is 5.22. The molecule has 7 nitrogen and oxygen atoms in total. The van der Waals surface area contributed by atoms with Gasteiger partial charge in [0, 0.05) is 36.8 Å². The van der Waals surface area contributed by atoms with Gasteiger partial charge in [-0.2, -0.15) is 0 Å². The smallest absolute Gasteiger partial charge is 0.255 e. The van der Waals surface area contributed by atoms with E-state index in [1.165, 1.54) is 0 Å². The van der Waals surface area contributed by atoms with E-state index in [2.05, 4.69) is 22.2 Å². The van der Waals surface area contributed by atoms with Crippen LogP contribution in [0.1, 0.15) is 31.1 Å². The number of hydrogen-bond acceptors (Lipinski definition) is 6. The monoisotopic (exact) mass is 461 g/mol. The molecular weight excluding hydrogens is 430 g/mol. The molecule has 0 unspecified atom stereocenters. The van der Waals surface area contributed by atoms with Gasteiger partial charge in [0.15, 0.2) is 11.5 Å². The van der Waals surface area contributed by atoms with Crippen LogP contribution >= 0.6 is 11.6 Å². The van der Waals surface area contributed by atoms with Crippen LogP contribution in [0.2, 0.25) is 5.02 Å².